The first kappa shape index (κ1) is 27.7. The smallest absolute Gasteiger partial charge is 0.293 e. The number of anilines is 1. The molecule has 7 nitrogen and oxygen atoms in total. The molecule has 1 N–H and O–H groups in total. The molecule has 0 atom stereocenters. The van der Waals surface area contributed by atoms with Crippen LogP contribution in [0, 0.1) is 17.4 Å². The fourth-order valence-electron chi connectivity index (χ4n) is 3.78. The van der Waals surface area contributed by atoms with Gasteiger partial charge >= 0.3 is 0 Å². The fraction of sp³-hybridized carbons (Fsp3) is 0.207. The zero-order valence-electron chi connectivity index (χ0n) is 21.2. The Morgan fingerprint density at radius 3 is 2.53 bits per heavy atom. The SMILES string of the molecule is CCOc1cc(/C=C2\SC(=O)N(Cc3ccc(I)cc3)C2=O)ccc1OCC(=O)Nc1cccc(C)c1C. The summed E-state index contributed by atoms with van der Waals surface area (Å²) >= 11 is 3.12. The summed E-state index contributed by atoms with van der Waals surface area (Å²) in [6, 6.07) is 18.6. The second-order valence-corrected chi connectivity index (χ2v) is 10.9. The number of aryl methyl sites for hydroxylation is 1. The Kier molecular flexibility index (Phi) is 9.11. The first-order valence-corrected chi connectivity index (χ1v) is 13.9. The highest BCUT2D eigenvalue weighted by atomic mass is 127. The Bertz CT molecular complexity index is 1400. The van der Waals surface area contributed by atoms with E-state index < -0.39 is 0 Å². The third-order valence-electron chi connectivity index (χ3n) is 5.93. The summed E-state index contributed by atoms with van der Waals surface area (Å²) in [5, 5.41) is 2.57. The summed E-state index contributed by atoms with van der Waals surface area (Å²) in [6.07, 6.45) is 1.67. The molecule has 0 aliphatic carbocycles. The quantitative estimate of drug-likeness (QED) is 0.210. The molecule has 0 unspecified atom stereocenters. The molecule has 3 aromatic rings. The molecule has 38 heavy (non-hydrogen) atoms. The standard InChI is InChI=1S/C29H27IN2O5S/c1-4-36-25-14-21(10-13-24(25)37-17-27(33)31-23-7-5-6-18(2)19(23)3)15-26-28(34)32(29(35)38-26)16-20-8-11-22(30)12-9-20/h5-15H,4,16-17H2,1-3H3,(H,31,33)/b26-15-. The molecule has 3 aromatic carbocycles. The van der Waals surface area contributed by atoms with Gasteiger partial charge in [0, 0.05) is 9.26 Å². The first-order valence-electron chi connectivity index (χ1n) is 12.0. The third kappa shape index (κ3) is 6.76. The summed E-state index contributed by atoms with van der Waals surface area (Å²) in [6.45, 7) is 6.21. The lowest BCUT2D eigenvalue weighted by molar-refractivity contribution is -0.123. The van der Waals surface area contributed by atoms with Gasteiger partial charge < -0.3 is 14.8 Å². The van der Waals surface area contributed by atoms with Gasteiger partial charge in [-0.25, -0.2) is 0 Å². The molecule has 0 aromatic heterocycles. The largest absolute Gasteiger partial charge is 0.490 e. The van der Waals surface area contributed by atoms with Gasteiger partial charge in [-0.05, 0) is 114 Å². The molecule has 1 fully saturated rings. The molecule has 9 heteroatoms. The molecule has 1 aliphatic rings. The van der Waals surface area contributed by atoms with Gasteiger partial charge in [0.15, 0.2) is 18.1 Å². The number of amides is 3. The minimum absolute atomic E-state index is 0.190. The number of hydrogen-bond acceptors (Lipinski definition) is 6. The lowest BCUT2D eigenvalue weighted by atomic mass is 10.1. The summed E-state index contributed by atoms with van der Waals surface area (Å²) < 4.78 is 12.6. The van der Waals surface area contributed by atoms with Gasteiger partial charge in [-0.3, -0.25) is 19.3 Å². The van der Waals surface area contributed by atoms with Crippen LogP contribution in [0.25, 0.3) is 6.08 Å². The summed E-state index contributed by atoms with van der Waals surface area (Å²) in [7, 11) is 0. The average molecular weight is 643 g/mol. The van der Waals surface area contributed by atoms with Crippen LogP contribution < -0.4 is 14.8 Å². The van der Waals surface area contributed by atoms with Gasteiger partial charge in [0.2, 0.25) is 0 Å². The van der Waals surface area contributed by atoms with Crippen LogP contribution in [-0.4, -0.2) is 35.2 Å². The van der Waals surface area contributed by atoms with E-state index >= 15 is 0 Å². The van der Waals surface area contributed by atoms with Gasteiger partial charge in [0.05, 0.1) is 18.1 Å². The van der Waals surface area contributed by atoms with Gasteiger partial charge in [-0.2, -0.15) is 0 Å². The van der Waals surface area contributed by atoms with Crippen LogP contribution >= 0.6 is 34.4 Å². The second kappa shape index (κ2) is 12.5. The van der Waals surface area contributed by atoms with Crippen LogP contribution in [-0.2, 0) is 16.1 Å². The van der Waals surface area contributed by atoms with E-state index in [4.69, 9.17) is 9.47 Å². The lowest BCUT2D eigenvalue weighted by Crippen LogP contribution is -2.27. The summed E-state index contributed by atoms with van der Waals surface area (Å²) in [4.78, 5) is 39.6. The number of nitrogens with zero attached hydrogens (tertiary/aromatic N) is 1. The van der Waals surface area contributed by atoms with Crippen molar-refractivity contribution in [1.82, 2.24) is 4.90 Å². The highest BCUT2D eigenvalue weighted by molar-refractivity contribution is 14.1. The number of halogens is 1. The van der Waals surface area contributed by atoms with Crippen molar-refractivity contribution < 1.29 is 23.9 Å². The number of hydrogen-bond donors (Lipinski definition) is 1. The van der Waals surface area contributed by atoms with E-state index in [1.165, 1.54) is 4.90 Å². The van der Waals surface area contributed by atoms with E-state index in [0.29, 0.717) is 28.6 Å². The van der Waals surface area contributed by atoms with E-state index in [1.54, 1.807) is 24.3 Å². The maximum absolute atomic E-state index is 13.0. The van der Waals surface area contributed by atoms with Crippen molar-refractivity contribution >= 4 is 63.2 Å². The topological polar surface area (TPSA) is 84.9 Å². The van der Waals surface area contributed by atoms with E-state index in [0.717, 1.165) is 37.7 Å². The van der Waals surface area contributed by atoms with E-state index in [1.807, 2.05) is 63.2 Å². The van der Waals surface area contributed by atoms with Crippen molar-refractivity contribution in [3.05, 3.63) is 91.4 Å². The molecular formula is C29H27IN2O5S. The van der Waals surface area contributed by atoms with Gasteiger partial charge in [0.1, 0.15) is 0 Å². The fourth-order valence-corrected chi connectivity index (χ4v) is 4.98. The minimum atomic E-state index is -0.333. The Morgan fingerprint density at radius 1 is 1.03 bits per heavy atom. The molecule has 4 rings (SSSR count). The van der Waals surface area contributed by atoms with Crippen LogP contribution in [0.2, 0.25) is 0 Å². The average Bonchev–Trinajstić information content (AvgIpc) is 3.15. The Labute approximate surface area is 239 Å². The summed E-state index contributed by atoms with van der Waals surface area (Å²) in [5.41, 5.74) is 4.40. The van der Waals surface area contributed by atoms with Gasteiger partial charge in [-0.15, -0.1) is 0 Å². The van der Waals surface area contributed by atoms with E-state index in [9.17, 15) is 14.4 Å². The molecule has 3 amide bonds. The third-order valence-corrected chi connectivity index (χ3v) is 7.56. The predicted octanol–water partition coefficient (Wildman–Crippen LogP) is 6.56. The number of imide groups is 1. The van der Waals surface area contributed by atoms with E-state index in [2.05, 4.69) is 27.9 Å². The number of nitrogens with one attached hydrogen (secondary N) is 1. The van der Waals surface area contributed by atoms with Crippen LogP contribution in [0.15, 0.2) is 65.6 Å². The molecule has 0 bridgehead atoms. The van der Waals surface area contributed by atoms with E-state index in [-0.39, 0.29) is 30.2 Å². The number of carbonyl (C=O) groups is 3. The minimum Gasteiger partial charge on any atom is -0.490 e. The van der Waals surface area contributed by atoms with Crippen LogP contribution in [0.4, 0.5) is 10.5 Å². The maximum atomic E-state index is 13.0. The number of benzene rings is 3. The molecular weight excluding hydrogens is 615 g/mol. The van der Waals surface area contributed by atoms with Crippen LogP contribution in [0.5, 0.6) is 11.5 Å². The van der Waals surface area contributed by atoms with Crippen molar-refractivity contribution in [3.8, 4) is 11.5 Å². The lowest BCUT2D eigenvalue weighted by Gasteiger charge is -2.14. The Balaban J connectivity index is 1.44. The molecule has 1 heterocycles. The summed E-state index contributed by atoms with van der Waals surface area (Å²) in [5.74, 6) is 0.234. The van der Waals surface area contributed by atoms with Crippen molar-refractivity contribution in [3.63, 3.8) is 0 Å². The number of thioether (sulfide) groups is 1. The Hall–Kier alpha value is -3.31. The van der Waals surface area contributed by atoms with Gasteiger partial charge in [-0.1, -0.05) is 30.3 Å². The number of ether oxygens (including phenoxy) is 2. The first-order chi connectivity index (χ1) is 18.2. The zero-order valence-corrected chi connectivity index (χ0v) is 24.2. The molecule has 0 saturated carbocycles. The maximum Gasteiger partial charge on any atom is 0.293 e. The predicted molar refractivity (Wildman–Crippen MR) is 158 cm³/mol. The number of carbonyl (C=O) groups excluding carboxylic acids is 3. The molecule has 1 saturated heterocycles. The molecule has 1 aliphatic heterocycles. The molecule has 0 spiro atoms. The molecule has 196 valence electrons. The van der Waals surface area contributed by atoms with Crippen molar-refractivity contribution in [2.75, 3.05) is 18.5 Å². The number of rotatable bonds is 9. The highest BCUT2D eigenvalue weighted by Crippen LogP contribution is 2.35. The monoisotopic (exact) mass is 642 g/mol. The van der Waals surface area contributed by atoms with Gasteiger partial charge in [0.25, 0.3) is 17.1 Å². The zero-order chi connectivity index (χ0) is 27.2. The molecule has 0 radical (unpaired) electrons. The Morgan fingerprint density at radius 2 is 1.79 bits per heavy atom. The highest BCUT2D eigenvalue weighted by Gasteiger charge is 2.35. The van der Waals surface area contributed by atoms with Crippen LogP contribution in [0.1, 0.15) is 29.2 Å². The van der Waals surface area contributed by atoms with Crippen molar-refractivity contribution in [1.29, 1.82) is 0 Å². The second-order valence-electron chi connectivity index (χ2n) is 8.62. The van der Waals surface area contributed by atoms with Crippen molar-refractivity contribution in [2.45, 2.75) is 27.3 Å². The van der Waals surface area contributed by atoms with Crippen molar-refractivity contribution in [2.24, 2.45) is 0 Å². The normalized spacial score (nSPS) is 14.2. The van der Waals surface area contributed by atoms with Crippen LogP contribution in [0.3, 0.4) is 0 Å².